The third kappa shape index (κ3) is 5.00. The highest BCUT2D eigenvalue weighted by molar-refractivity contribution is 5.95. The topological polar surface area (TPSA) is 91.3 Å². The quantitative estimate of drug-likeness (QED) is 0.437. The van der Waals surface area contributed by atoms with Crippen LogP contribution < -0.4 is 10.8 Å². The van der Waals surface area contributed by atoms with Crippen molar-refractivity contribution in [1.82, 2.24) is 15.8 Å². The number of benzene rings is 2. The minimum atomic E-state index is -4.42. The van der Waals surface area contributed by atoms with Gasteiger partial charge in [-0.25, -0.2) is 5.48 Å². The molecule has 0 atom stereocenters. The van der Waals surface area contributed by atoms with E-state index in [0.29, 0.717) is 16.8 Å². The fraction of sp³-hybridized carbons (Fsp3) is 0.0952. The predicted molar refractivity (Wildman–Crippen MR) is 102 cm³/mol. The zero-order valence-electron chi connectivity index (χ0n) is 15.4. The van der Waals surface area contributed by atoms with Crippen LogP contribution in [0.4, 0.5) is 13.2 Å². The third-order valence-electron chi connectivity index (χ3n) is 4.30. The molecule has 154 valence electrons. The molecule has 0 radical (unpaired) electrons. The molecule has 3 rings (SSSR count). The number of pyridine rings is 1. The van der Waals surface area contributed by atoms with Crippen molar-refractivity contribution in [2.24, 2.45) is 0 Å². The van der Waals surface area contributed by atoms with E-state index in [1.54, 1.807) is 12.1 Å². The summed E-state index contributed by atoms with van der Waals surface area (Å²) < 4.78 is 38.1. The average Bonchev–Trinajstić information content (AvgIpc) is 2.77. The van der Waals surface area contributed by atoms with Gasteiger partial charge in [0.2, 0.25) is 0 Å². The molecule has 0 aliphatic carbocycles. The van der Waals surface area contributed by atoms with Gasteiger partial charge >= 0.3 is 6.18 Å². The van der Waals surface area contributed by atoms with Gasteiger partial charge in [-0.1, -0.05) is 24.3 Å². The predicted octanol–water partition coefficient (Wildman–Crippen LogP) is 3.82. The van der Waals surface area contributed by atoms with E-state index in [4.69, 9.17) is 5.21 Å². The maximum absolute atomic E-state index is 12.7. The molecule has 2 aromatic carbocycles. The second-order valence-corrected chi connectivity index (χ2v) is 6.33. The fourth-order valence-electron chi connectivity index (χ4n) is 2.68. The van der Waals surface area contributed by atoms with Gasteiger partial charge in [0.25, 0.3) is 11.8 Å². The number of hydrogen-bond donors (Lipinski definition) is 3. The first-order valence-corrected chi connectivity index (χ1v) is 8.73. The van der Waals surface area contributed by atoms with Crippen LogP contribution >= 0.6 is 0 Å². The summed E-state index contributed by atoms with van der Waals surface area (Å²) in [5.41, 5.74) is 2.89. The summed E-state index contributed by atoms with van der Waals surface area (Å²) in [6.45, 7) is 0.192. The Morgan fingerprint density at radius 1 is 0.900 bits per heavy atom. The Morgan fingerprint density at radius 3 is 2.17 bits per heavy atom. The molecule has 3 aromatic rings. The van der Waals surface area contributed by atoms with Gasteiger partial charge in [0.15, 0.2) is 0 Å². The molecule has 0 bridgehead atoms. The van der Waals surface area contributed by atoms with Gasteiger partial charge < -0.3 is 5.32 Å². The molecule has 2 amide bonds. The molecular formula is C21H16F3N3O3. The molecule has 1 heterocycles. The van der Waals surface area contributed by atoms with E-state index in [2.05, 4.69) is 10.3 Å². The maximum atomic E-state index is 12.7. The Morgan fingerprint density at radius 2 is 1.57 bits per heavy atom. The summed E-state index contributed by atoms with van der Waals surface area (Å²) in [4.78, 5) is 27.8. The average molecular weight is 415 g/mol. The molecular weight excluding hydrogens is 399 g/mol. The zero-order valence-corrected chi connectivity index (χ0v) is 15.4. The largest absolute Gasteiger partial charge is 0.416 e. The number of halogens is 3. The van der Waals surface area contributed by atoms with E-state index in [1.165, 1.54) is 48.1 Å². The summed E-state index contributed by atoms with van der Waals surface area (Å²) in [5.74, 6) is -1.03. The number of nitrogens with one attached hydrogen (secondary N) is 2. The minimum absolute atomic E-state index is 0.192. The van der Waals surface area contributed by atoms with E-state index in [9.17, 15) is 22.8 Å². The maximum Gasteiger partial charge on any atom is 0.416 e. The first-order chi connectivity index (χ1) is 14.3. The van der Waals surface area contributed by atoms with E-state index in [1.807, 2.05) is 0 Å². The van der Waals surface area contributed by atoms with Crippen molar-refractivity contribution in [1.29, 1.82) is 0 Å². The number of aromatic nitrogens is 1. The van der Waals surface area contributed by atoms with Crippen LogP contribution in [0, 0.1) is 0 Å². The summed E-state index contributed by atoms with van der Waals surface area (Å²) in [6.07, 6.45) is -3.02. The van der Waals surface area contributed by atoms with Crippen LogP contribution in [0.3, 0.4) is 0 Å². The standard InChI is InChI=1S/C21H16F3N3O3/c22-21(23,24)17-7-5-14(6-8-17)18-11-16(9-10-25-18)19(28)26-12-13-1-3-15(4-2-13)20(29)27-30/h1-11,30H,12H2,(H,26,28)(H,27,29). The summed E-state index contributed by atoms with van der Waals surface area (Å²) >= 11 is 0. The monoisotopic (exact) mass is 415 g/mol. The first kappa shape index (κ1) is 21.0. The Kier molecular flexibility index (Phi) is 6.12. The molecule has 6 nitrogen and oxygen atoms in total. The summed E-state index contributed by atoms with van der Waals surface area (Å²) in [6, 6.07) is 13.8. The molecule has 0 fully saturated rings. The SMILES string of the molecule is O=C(NO)c1ccc(CNC(=O)c2ccnc(-c3ccc(C(F)(F)F)cc3)c2)cc1. The lowest BCUT2D eigenvalue weighted by molar-refractivity contribution is -0.137. The molecule has 3 N–H and O–H groups in total. The van der Waals surface area contributed by atoms with Gasteiger partial charge in [0.05, 0.1) is 11.3 Å². The molecule has 0 spiro atoms. The lowest BCUT2D eigenvalue weighted by Crippen LogP contribution is -2.23. The number of amides is 2. The Labute approximate surface area is 169 Å². The van der Waals surface area contributed by atoms with Crippen molar-refractivity contribution >= 4 is 11.8 Å². The number of rotatable bonds is 5. The van der Waals surface area contributed by atoms with Gasteiger partial charge in [-0.05, 0) is 42.0 Å². The van der Waals surface area contributed by atoms with Gasteiger partial charge in [0.1, 0.15) is 0 Å². The number of hydroxylamine groups is 1. The van der Waals surface area contributed by atoms with Gasteiger partial charge in [-0.2, -0.15) is 13.2 Å². The Hall–Kier alpha value is -3.72. The second kappa shape index (κ2) is 8.75. The van der Waals surface area contributed by atoms with E-state index in [0.717, 1.165) is 17.7 Å². The molecule has 0 unspecified atom stereocenters. The van der Waals surface area contributed by atoms with Crippen LogP contribution in [0.1, 0.15) is 31.8 Å². The van der Waals surface area contributed by atoms with Crippen LogP contribution in [-0.2, 0) is 12.7 Å². The Balaban J connectivity index is 1.68. The fourth-order valence-corrected chi connectivity index (χ4v) is 2.68. The number of nitrogens with zero attached hydrogens (tertiary/aromatic N) is 1. The lowest BCUT2D eigenvalue weighted by Gasteiger charge is -2.09. The normalized spacial score (nSPS) is 11.1. The lowest BCUT2D eigenvalue weighted by atomic mass is 10.1. The van der Waals surface area contributed by atoms with Crippen LogP contribution in [0.5, 0.6) is 0 Å². The van der Waals surface area contributed by atoms with Gasteiger partial charge in [0, 0.05) is 29.4 Å². The number of carbonyl (C=O) groups excluding carboxylic acids is 2. The highest BCUT2D eigenvalue weighted by Gasteiger charge is 2.30. The second-order valence-electron chi connectivity index (χ2n) is 6.33. The van der Waals surface area contributed by atoms with E-state index in [-0.39, 0.29) is 18.0 Å². The Bertz CT molecular complexity index is 1050. The van der Waals surface area contributed by atoms with Crippen LogP contribution in [0.15, 0.2) is 66.9 Å². The van der Waals surface area contributed by atoms with Crippen molar-refractivity contribution in [3.63, 3.8) is 0 Å². The number of alkyl halides is 3. The van der Waals surface area contributed by atoms with Crippen LogP contribution in [0.2, 0.25) is 0 Å². The summed E-state index contributed by atoms with van der Waals surface area (Å²) in [7, 11) is 0. The van der Waals surface area contributed by atoms with Crippen LogP contribution in [0.25, 0.3) is 11.3 Å². The third-order valence-corrected chi connectivity index (χ3v) is 4.30. The van der Waals surface area contributed by atoms with Gasteiger partial charge in [-0.15, -0.1) is 0 Å². The smallest absolute Gasteiger partial charge is 0.348 e. The molecule has 9 heteroatoms. The van der Waals surface area contributed by atoms with Gasteiger partial charge in [-0.3, -0.25) is 19.8 Å². The number of hydrogen-bond acceptors (Lipinski definition) is 4. The van der Waals surface area contributed by atoms with E-state index >= 15 is 0 Å². The molecule has 0 aliphatic rings. The van der Waals surface area contributed by atoms with Crippen molar-refractivity contribution in [2.45, 2.75) is 12.7 Å². The number of carbonyl (C=O) groups is 2. The highest BCUT2D eigenvalue weighted by Crippen LogP contribution is 2.30. The molecule has 0 aliphatic heterocycles. The van der Waals surface area contributed by atoms with Crippen molar-refractivity contribution < 1.29 is 28.0 Å². The van der Waals surface area contributed by atoms with Crippen LogP contribution in [-0.4, -0.2) is 22.0 Å². The van der Waals surface area contributed by atoms with E-state index < -0.39 is 17.6 Å². The minimum Gasteiger partial charge on any atom is -0.348 e. The molecule has 0 saturated carbocycles. The first-order valence-electron chi connectivity index (χ1n) is 8.73. The van der Waals surface area contributed by atoms with Crippen molar-refractivity contribution in [3.05, 3.63) is 89.1 Å². The molecule has 0 saturated heterocycles. The molecule has 30 heavy (non-hydrogen) atoms. The highest BCUT2D eigenvalue weighted by atomic mass is 19.4. The summed E-state index contributed by atoms with van der Waals surface area (Å²) in [5, 5.41) is 11.3. The zero-order chi connectivity index (χ0) is 21.7. The molecule has 1 aromatic heterocycles. The van der Waals surface area contributed by atoms with Crippen molar-refractivity contribution in [3.8, 4) is 11.3 Å². The van der Waals surface area contributed by atoms with Crippen molar-refractivity contribution in [2.75, 3.05) is 0 Å².